The molecule has 1 N–H and O–H groups in total. The van der Waals surface area contributed by atoms with E-state index in [0.717, 1.165) is 16.9 Å². The second-order valence-electron chi connectivity index (χ2n) is 7.99. The van der Waals surface area contributed by atoms with E-state index in [-0.39, 0.29) is 17.7 Å². The Morgan fingerprint density at radius 2 is 1.75 bits per heavy atom. The molecule has 1 amide bonds. The zero-order valence-electron chi connectivity index (χ0n) is 20.3. The SMILES string of the molecule is COc1cc(/C=C(\C#N)C(=O)NCc2ccccc2)ccc1OC(=O)CCCOc1ccc(C)cc1. The van der Waals surface area contributed by atoms with E-state index in [9.17, 15) is 14.9 Å². The molecular formula is C29H28N2O5. The first-order valence-electron chi connectivity index (χ1n) is 11.5. The predicted molar refractivity (Wildman–Crippen MR) is 136 cm³/mol. The molecule has 184 valence electrons. The van der Waals surface area contributed by atoms with E-state index in [2.05, 4.69) is 5.32 Å². The number of methoxy groups -OCH3 is 1. The Morgan fingerprint density at radius 3 is 2.44 bits per heavy atom. The van der Waals surface area contributed by atoms with Crippen LogP contribution in [0.15, 0.2) is 78.4 Å². The maximum Gasteiger partial charge on any atom is 0.311 e. The Morgan fingerprint density at radius 1 is 1.00 bits per heavy atom. The third-order valence-corrected chi connectivity index (χ3v) is 5.20. The number of carbonyl (C=O) groups is 2. The van der Waals surface area contributed by atoms with E-state index in [0.29, 0.717) is 30.9 Å². The molecule has 0 bridgehead atoms. The first-order chi connectivity index (χ1) is 17.5. The summed E-state index contributed by atoms with van der Waals surface area (Å²) in [6.45, 7) is 2.71. The van der Waals surface area contributed by atoms with Gasteiger partial charge in [-0.25, -0.2) is 0 Å². The van der Waals surface area contributed by atoms with Crippen molar-refractivity contribution in [1.82, 2.24) is 5.32 Å². The predicted octanol–water partition coefficient (Wildman–Crippen LogP) is 4.99. The van der Waals surface area contributed by atoms with Crippen LogP contribution in [0.4, 0.5) is 0 Å². The summed E-state index contributed by atoms with van der Waals surface area (Å²) in [4.78, 5) is 24.7. The van der Waals surface area contributed by atoms with Crippen LogP contribution in [0.5, 0.6) is 17.2 Å². The lowest BCUT2D eigenvalue weighted by molar-refractivity contribution is -0.134. The van der Waals surface area contributed by atoms with E-state index < -0.39 is 11.9 Å². The Labute approximate surface area is 210 Å². The zero-order valence-corrected chi connectivity index (χ0v) is 20.3. The summed E-state index contributed by atoms with van der Waals surface area (Å²) in [5.41, 5.74) is 2.59. The van der Waals surface area contributed by atoms with E-state index in [1.54, 1.807) is 18.2 Å². The summed E-state index contributed by atoms with van der Waals surface area (Å²) < 4.78 is 16.4. The van der Waals surface area contributed by atoms with Gasteiger partial charge in [0.25, 0.3) is 5.91 Å². The standard InChI is InChI=1S/C29H28N2O5/c1-21-10-13-25(14-11-21)35-16-6-9-28(32)36-26-15-12-23(18-27(26)34-2)17-24(19-30)29(33)31-20-22-7-4-3-5-8-22/h3-5,7-8,10-15,17-18H,6,9,16,20H2,1-2H3,(H,31,33)/b24-17+. The normalized spacial score (nSPS) is 10.8. The highest BCUT2D eigenvalue weighted by Crippen LogP contribution is 2.29. The molecule has 0 spiro atoms. The number of carbonyl (C=O) groups excluding carboxylic acids is 2. The fraction of sp³-hybridized carbons (Fsp3) is 0.207. The molecule has 0 radical (unpaired) electrons. The molecule has 0 aliphatic heterocycles. The minimum Gasteiger partial charge on any atom is -0.494 e. The molecule has 0 unspecified atom stereocenters. The van der Waals surface area contributed by atoms with Crippen LogP contribution < -0.4 is 19.5 Å². The topological polar surface area (TPSA) is 97.6 Å². The van der Waals surface area contributed by atoms with E-state index in [1.807, 2.05) is 67.6 Å². The van der Waals surface area contributed by atoms with Crippen molar-refractivity contribution in [2.45, 2.75) is 26.3 Å². The Bertz CT molecular complexity index is 1240. The molecular weight excluding hydrogens is 456 g/mol. The molecule has 0 fully saturated rings. The van der Waals surface area contributed by atoms with Gasteiger partial charge < -0.3 is 19.5 Å². The molecule has 0 aromatic heterocycles. The van der Waals surface area contributed by atoms with Crippen molar-refractivity contribution >= 4 is 18.0 Å². The molecule has 36 heavy (non-hydrogen) atoms. The minimum absolute atomic E-state index is 0.0497. The smallest absolute Gasteiger partial charge is 0.311 e. The average Bonchev–Trinajstić information content (AvgIpc) is 2.90. The Balaban J connectivity index is 1.54. The van der Waals surface area contributed by atoms with E-state index in [1.165, 1.54) is 13.2 Å². The summed E-state index contributed by atoms with van der Waals surface area (Å²) in [6, 6.07) is 23.9. The number of benzene rings is 3. The maximum absolute atomic E-state index is 12.4. The molecule has 0 heterocycles. The Hall–Kier alpha value is -4.57. The van der Waals surface area contributed by atoms with Crippen molar-refractivity contribution in [3.05, 3.63) is 95.1 Å². The van der Waals surface area contributed by atoms with Crippen molar-refractivity contribution in [3.8, 4) is 23.3 Å². The van der Waals surface area contributed by atoms with Crippen LogP contribution in [0.1, 0.15) is 29.5 Å². The number of esters is 1. The summed E-state index contributed by atoms with van der Waals surface area (Å²) in [5.74, 6) is 0.427. The number of hydrogen-bond donors (Lipinski definition) is 1. The van der Waals surface area contributed by atoms with Gasteiger partial charge in [0.15, 0.2) is 11.5 Å². The van der Waals surface area contributed by atoms with Crippen LogP contribution >= 0.6 is 0 Å². The molecule has 3 aromatic rings. The fourth-order valence-corrected chi connectivity index (χ4v) is 3.26. The third-order valence-electron chi connectivity index (χ3n) is 5.20. The second kappa shape index (κ2) is 13.4. The lowest BCUT2D eigenvalue weighted by Crippen LogP contribution is -2.23. The fourth-order valence-electron chi connectivity index (χ4n) is 3.26. The van der Waals surface area contributed by atoms with Gasteiger partial charge in [0.05, 0.1) is 13.7 Å². The van der Waals surface area contributed by atoms with Crippen molar-refractivity contribution < 1.29 is 23.8 Å². The largest absolute Gasteiger partial charge is 0.494 e. The van der Waals surface area contributed by atoms with Gasteiger partial charge in [0, 0.05) is 13.0 Å². The second-order valence-corrected chi connectivity index (χ2v) is 7.99. The summed E-state index contributed by atoms with van der Waals surface area (Å²) in [6.07, 6.45) is 2.13. The number of rotatable bonds is 11. The highest BCUT2D eigenvalue weighted by atomic mass is 16.6. The average molecular weight is 485 g/mol. The monoisotopic (exact) mass is 484 g/mol. The Kier molecular flexibility index (Phi) is 9.66. The molecule has 0 saturated carbocycles. The highest BCUT2D eigenvalue weighted by molar-refractivity contribution is 6.01. The van der Waals surface area contributed by atoms with E-state index >= 15 is 0 Å². The maximum atomic E-state index is 12.4. The number of nitrogens with one attached hydrogen (secondary N) is 1. The summed E-state index contributed by atoms with van der Waals surface area (Å²) >= 11 is 0. The van der Waals surface area contributed by atoms with Gasteiger partial charge in [-0.1, -0.05) is 54.1 Å². The lowest BCUT2D eigenvalue weighted by Gasteiger charge is -2.11. The molecule has 0 aliphatic rings. The minimum atomic E-state index is -0.483. The van der Waals surface area contributed by atoms with Crippen molar-refractivity contribution in [2.24, 2.45) is 0 Å². The first-order valence-corrected chi connectivity index (χ1v) is 11.5. The van der Waals surface area contributed by atoms with Gasteiger partial charge in [-0.2, -0.15) is 5.26 Å². The number of aryl methyl sites for hydroxylation is 1. The summed E-state index contributed by atoms with van der Waals surface area (Å²) in [7, 11) is 1.45. The number of hydrogen-bond acceptors (Lipinski definition) is 6. The highest BCUT2D eigenvalue weighted by Gasteiger charge is 2.13. The van der Waals surface area contributed by atoms with Crippen molar-refractivity contribution in [3.63, 3.8) is 0 Å². The van der Waals surface area contributed by atoms with Crippen LogP contribution in [0.3, 0.4) is 0 Å². The van der Waals surface area contributed by atoms with Crippen LogP contribution in [-0.4, -0.2) is 25.6 Å². The van der Waals surface area contributed by atoms with Gasteiger partial charge in [0.1, 0.15) is 17.4 Å². The van der Waals surface area contributed by atoms with Gasteiger partial charge >= 0.3 is 5.97 Å². The van der Waals surface area contributed by atoms with Gasteiger partial charge in [0.2, 0.25) is 0 Å². The first kappa shape index (κ1) is 26.0. The molecule has 3 aromatic carbocycles. The molecule has 3 rings (SSSR count). The quantitative estimate of drug-likeness (QED) is 0.135. The summed E-state index contributed by atoms with van der Waals surface area (Å²) in [5, 5.41) is 12.2. The van der Waals surface area contributed by atoms with Crippen molar-refractivity contribution in [2.75, 3.05) is 13.7 Å². The third kappa shape index (κ3) is 8.03. The number of nitrogens with zero attached hydrogens (tertiary/aromatic N) is 1. The molecule has 7 nitrogen and oxygen atoms in total. The van der Waals surface area contributed by atoms with Gasteiger partial charge in [-0.15, -0.1) is 0 Å². The zero-order chi connectivity index (χ0) is 25.8. The number of amides is 1. The van der Waals surface area contributed by atoms with E-state index in [4.69, 9.17) is 14.2 Å². The molecule has 0 aliphatic carbocycles. The van der Waals surface area contributed by atoms with Crippen LogP contribution in [-0.2, 0) is 16.1 Å². The molecule has 0 atom stereocenters. The lowest BCUT2D eigenvalue weighted by atomic mass is 10.1. The van der Waals surface area contributed by atoms with Crippen LogP contribution in [0.25, 0.3) is 6.08 Å². The van der Waals surface area contributed by atoms with Gasteiger partial charge in [-0.05, 0) is 54.8 Å². The van der Waals surface area contributed by atoms with Crippen LogP contribution in [0.2, 0.25) is 0 Å². The number of ether oxygens (including phenoxy) is 3. The molecule has 0 saturated heterocycles. The van der Waals surface area contributed by atoms with Crippen LogP contribution in [0, 0.1) is 18.3 Å². The van der Waals surface area contributed by atoms with Crippen molar-refractivity contribution in [1.29, 1.82) is 5.26 Å². The molecule has 7 heteroatoms. The van der Waals surface area contributed by atoms with Gasteiger partial charge in [-0.3, -0.25) is 9.59 Å². The number of nitriles is 1.